The molecule has 0 amide bonds. The van der Waals surface area contributed by atoms with E-state index in [0.717, 1.165) is 10.4 Å². The minimum absolute atomic E-state index is 0.138. The van der Waals surface area contributed by atoms with Gasteiger partial charge < -0.3 is 0 Å². The molecule has 0 atom stereocenters. The van der Waals surface area contributed by atoms with Gasteiger partial charge >= 0.3 is 0 Å². The predicted molar refractivity (Wildman–Crippen MR) is 64.6 cm³/mol. The fourth-order valence-electron chi connectivity index (χ4n) is 1.09. The van der Waals surface area contributed by atoms with Crippen LogP contribution in [0.5, 0.6) is 0 Å². The van der Waals surface area contributed by atoms with Crippen LogP contribution >= 0.6 is 27.5 Å². The first-order chi connectivity index (χ1) is 7.39. The van der Waals surface area contributed by atoms with E-state index in [1.165, 1.54) is 19.2 Å². The van der Waals surface area contributed by atoms with Gasteiger partial charge in [-0.2, -0.15) is 4.31 Å². The smallest absolute Gasteiger partial charge is 0.207 e. The van der Waals surface area contributed by atoms with Gasteiger partial charge in [0.1, 0.15) is 10.7 Å². The van der Waals surface area contributed by atoms with Gasteiger partial charge in [-0.3, -0.25) is 0 Å². The van der Waals surface area contributed by atoms with Crippen molar-refractivity contribution >= 4 is 37.6 Å². The molecule has 0 spiro atoms. The summed E-state index contributed by atoms with van der Waals surface area (Å²) in [5.41, 5.74) is 0. The monoisotopic (exact) mass is 329 g/mol. The summed E-state index contributed by atoms with van der Waals surface area (Å²) in [6.07, 6.45) is 0. The van der Waals surface area contributed by atoms with Crippen LogP contribution in [0.3, 0.4) is 0 Å². The Balaban J connectivity index is 3.17. The van der Waals surface area contributed by atoms with Gasteiger partial charge in [0.05, 0.1) is 0 Å². The lowest BCUT2D eigenvalue weighted by atomic mass is 10.3. The van der Waals surface area contributed by atoms with E-state index in [0.29, 0.717) is 4.47 Å². The van der Waals surface area contributed by atoms with Crippen molar-refractivity contribution < 1.29 is 12.8 Å². The third-order valence-electron chi connectivity index (χ3n) is 1.98. The number of hydrogen-bond donors (Lipinski definition) is 0. The molecule has 0 saturated heterocycles. The molecule has 0 fully saturated rings. The second kappa shape index (κ2) is 5.44. The van der Waals surface area contributed by atoms with Gasteiger partial charge in [-0.05, 0) is 18.2 Å². The van der Waals surface area contributed by atoms with E-state index in [2.05, 4.69) is 15.9 Å². The topological polar surface area (TPSA) is 37.4 Å². The summed E-state index contributed by atoms with van der Waals surface area (Å²) in [7, 11) is -2.44. The Labute approximate surface area is 107 Å². The lowest BCUT2D eigenvalue weighted by Crippen LogP contribution is -2.29. The van der Waals surface area contributed by atoms with Crippen molar-refractivity contribution in [2.45, 2.75) is 4.90 Å². The van der Waals surface area contributed by atoms with Gasteiger partial charge in [-0.15, -0.1) is 11.6 Å². The molecule has 0 aliphatic carbocycles. The van der Waals surface area contributed by atoms with Gasteiger partial charge in [0, 0.05) is 23.9 Å². The standard InChI is InChI=1S/C9H10BrClFNO2S/c1-13(5-4-11)16(14,15)9-3-2-7(10)6-8(9)12/h2-3,6H,4-5H2,1H3. The Morgan fingerprint density at radius 3 is 2.62 bits per heavy atom. The van der Waals surface area contributed by atoms with Crippen LogP contribution in [0.4, 0.5) is 4.39 Å². The van der Waals surface area contributed by atoms with Crippen LogP contribution in [0.25, 0.3) is 0 Å². The number of nitrogens with zero attached hydrogens (tertiary/aromatic N) is 1. The minimum Gasteiger partial charge on any atom is -0.207 e. The Hall–Kier alpha value is -0.170. The van der Waals surface area contributed by atoms with Gasteiger partial charge in [0.15, 0.2) is 0 Å². The zero-order valence-electron chi connectivity index (χ0n) is 8.45. The van der Waals surface area contributed by atoms with Crippen LogP contribution in [-0.2, 0) is 10.0 Å². The van der Waals surface area contributed by atoms with Crippen LogP contribution in [0.2, 0.25) is 0 Å². The van der Waals surface area contributed by atoms with Crippen molar-refractivity contribution in [1.29, 1.82) is 0 Å². The van der Waals surface area contributed by atoms with Gasteiger partial charge in [0.25, 0.3) is 0 Å². The van der Waals surface area contributed by atoms with Crippen LogP contribution in [0, 0.1) is 5.82 Å². The summed E-state index contributed by atoms with van der Waals surface area (Å²) in [6, 6.07) is 3.81. The average Bonchev–Trinajstić information content (AvgIpc) is 2.17. The first-order valence-electron chi connectivity index (χ1n) is 4.37. The molecule has 3 nitrogen and oxygen atoms in total. The summed E-state index contributed by atoms with van der Waals surface area (Å²) >= 11 is 8.51. The van der Waals surface area contributed by atoms with E-state index in [4.69, 9.17) is 11.6 Å². The van der Waals surface area contributed by atoms with Crippen molar-refractivity contribution in [3.8, 4) is 0 Å². The summed E-state index contributed by atoms with van der Waals surface area (Å²) < 4.78 is 38.7. The molecule has 0 heterocycles. The van der Waals surface area contributed by atoms with E-state index in [-0.39, 0.29) is 17.3 Å². The number of benzene rings is 1. The van der Waals surface area contributed by atoms with Crippen molar-refractivity contribution in [3.63, 3.8) is 0 Å². The highest BCUT2D eigenvalue weighted by atomic mass is 79.9. The molecule has 16 heavy (non-hydrogen) atoms. The van der Waals surface area contributed by atoms with Crippen LogP contribution in [-0.4, -0.2) is 32.2 Å². The molecule has 1 aromatic carbocycles. The fourth-order valence-corrected chi connectivity index (χ4v) is 2.99. The molecule has 0 saturated carbocycles. The Morgan fingerprint density at radius 1 is 1.50 bits per heavy atom. The Bertz CT molecular complexity index is 480. The van der Waals surface area contributed by atoms with Crippen molar-refractivity contribution in [1.82, 2.24) is 4.31 Å². The predicted octanol–water partition coefficient (Wildman–Crippen LogP) is 2.45. The average molecular weight is 331 g/mol. The first kappa shape index (κ1) is 13.9. The number of sulfonamides is 1. The highest BCUT2D eigenvalue weighted by Gasteiger charge is 2.23. The summed E-state index contributed by atoms with van der Waals surface area (Å²) in [5, 5.41) is 0. The number of rotatable bonds is 4. The molecule has 1 rings (SSSR count). The fraction of sp³-hybridized carbons (Fsp3) is 0.333. The number of halogens is 3. The highest BCUT2D eigenvalue weighted by molar-refractivity contribution is 9.10. The second-order valence-corrected chi connectivity index (χ2v) is 6.40. The van der Waals surface area contributed by atoms with E-state index < -0.39 is 15.8 Å². The molecule has 0 unspecified atom stereocenters. The van der Waals surface area contributed by atoms with Crippen molar-refractivity contribution in [3.05, 3.63) is 28.5 Å². The summed E-state index contributed by atoms with van der Waals surface area (Å²) in [6.45, 7) is 0.138. The normalized spacial score (nSPS) is 12.1. The van der Waals surface area contributed by atoms with Crippen LogP contribution in [0.15, 0.2) is 27.6 Å². The second-order valence-electron chi connectivity index (χ2n) is 3.09. The van der Waals surface area contributed by atoms with Crippen molar-refractivity contribution in [2.24, 2.45) is 0 Å². The molecule has 0 N–H and O–H groups in total. The molecule has 0 bridgehead atoms. The van der Waals surface area contributed by atoms with Crippen LogP contribution < -0.4 is 0 Å². The van der Waals surface area contributed by atoms with E-state index in [1.807, 2.05) is 0 Å². The zero-order chi connectivity index (χ0) is 12.3. The van der Waals surface area contributed by atoms with Gasteiger partial charge in [-0.1, -0.05) is 15.9 Å². The maximum Gasteiger partial charge on any atom is 0.245 e. The maximum atomic E-state index is 13.5. The molecular weight excluding hydrogens is 321 g/mol. The Morgan fingerprint density at radius 2 is 2.12 bits per heavy atom. The highest BCUT2D eigenvalue weighted by Crippen LogP contribution is 2.21. The quantitative estimate of drug-likeness (QED) is 0.795. The molecule has 7 heteroatoms. The SMILES string of the molecule is CN(CCCl)S(=O)(=O)c1ccc(Br)cc1F. The Kier molecular flexibility index (Phi) is 4.73. The molecule has 0 aromatic heterocycles. The third kappa shape index (κ3) is 2.94. The minimum atomic E-state index is -3.80. The molecule has 1 aromatic rings. The van der Waals surface area contributed by atoms with Gasteiger partial charge in [-0.25, -0.2) is 12.8 Å². The maximum absolute atomic E-state index is 13.5. The van der Waals surface area contributed by atoms with E-state index in [1.54, 1.807) is 0 Å². The molecule has 0 aliphatic rings. The molecule has 90 valence electrons. The van der Waals surface area contributed by atoms with E-state index in [9.17, 15) is 12.8 Å². The van der Waals surface area contributed by atoms with Crippen molar-refractivity contribution in [2.75, 3.05) is 19.5 Å². The largest absolute Gasteiger partial charge is 0.245 e. The zero-order valence-corrected chi connectivity index (χ0v) is 11.6. The molecule has 0 aliphatic heterocycles. The first-order valence-corrected chi connectivity index (χ1v) is 7.13. The number of hydrogen-bond acceptors (Lipinski definition) is 2. The third-order valence-corrected chi connectivity index (χ3v) is 4.53. The molecule has 0 radical (unpaired) electrons. The number of alkyl halides is 1. The van der Waals surface area contributed by atoms with Gasteiger partial charge in [0.2, 0.25) is 10.0 Å². The van der Waals surface area contributed by atoms with E-state index >= 15 is 0 Å². The lowest BCUT2D eigenvalue weighted by Gasteiger charge is -2.16. The summed E-state index contributed by atoms with van der Waals surface area (Å²) in [4.78, 5) is -0.344. The van der Waals surface area contributed by atoms with Crippen LogP contribution in [0.1, 0.15) is 0 Å². The molecular formula is C9H10BrClFNO2S. The summed E-state index contributed by atoms with van der Waals surface area (Å²) in [5.74, 6) is -0.621. The lowest BCUT2D eigenvalue weighted by molar-refractivity contribution is 0.479.